The lowest BCUT2D eigenvalue weighted by atomic mass is 10.1. The molecule has 21 heavy (non-hydrogen) atoms. The maximum atomic E-state index is 5.38. The molecule has 2 aromatic heterocycles. The molecule has 7 heteroatoms. The molecule has 2 heterocycles. The lowest BCUT2D eigenvalue weighted by Gasteiger charge is -2.12. The van der Waals surface area contributed by atoms with Crippen molar-refractivity contribution in [1.29, 1.82) is 0 Å². The van der Waals surface area contributed by atoms with Crippen molar-refractivity contribution in [2.24, 2.45) is 0 Å². The Balaban J connectivity index is 2.15. The quantitative estimate of drug-likeness (QED) is 0.621. The minimum Gasteiger partial charge on any atom is -0.492 e. The third-order valence-electron chi connectivity index (χ3n) is 3.36. The molecular weight excluding hydrogens is 288 g/mol. The molecule has 0 saturated heterocycles. The van der Waals surface area contributed by atoms with E-state index in [1.165, 1.54) is 18.1 Å². The van der Waals surface area contributed by atoms with Gasteiger partial charge in [0, 0.05) is 5.92 Å². The fourth-order valence-electron chi connectivity index (χ4n) is 2.18. The van der Waals surface area contributed by atoms with Crippen molar-refractivity contribution < 1.29 is 9.47 Å². The van der Waals surface area contributed by atoms with E-state index < -0.39 is 0 Å². The van der Waals surface area contributed by atoms with Gasteiger partial charge in [-0.1, -0.05) is 0 Å². The summed E-state index contributed by atoms with van der Waals surface area (Å²) in [4.78, 5) is 17.6. The second kappa shape index (κ2) is 5.85. The highest BCUT2D eigenvalue weighted by Crippen LogP contribution is 2.45. The molecule has 0 radical (unpaired) electrons. The highest BCUT2D eigenvalue weighted by molar-refractivity contribution is 7.98. The molecule has 0 bridgehead atoms. The average molecular weight is 304 g/mol. The number of hydrogen-bond acceptors (Lipinski definition) is 7. The van der Waals surface area contributed by atoms with Crippen LogP contribution in [-0.2, 0) is 0 Å². The van der Waals surface area contributed by atoms with Gasteiger partial charge in [0.15, 0.2) is 11.6 Å². The van der Waals surface area contributed by atoms with Crippen molar-refractivity contribution in [2.75, 3.05) is 20.5 Å². The summed E-state index contributed by atoms with van der Waals surface area (Å²) in [6.45, 7) is 0. The first-order valence-corrected chi connectivity index (χ1v) is 7.85. The predicted octanol–water partition coefficient (Wildman–Crippen LogP) is 2.55. The van der Waals surface area contributed by atoms with Gasteiger partial charge in [-0.25, -0.2) is 19.9 Å². The second-order valence-electron chi connectivity index (χ2n) is 4.69. The molecule has 1 aliphatic rings. The lowest BCUT2D eigenvalue weighted by molar-refractivity contribution is 0.395. The number of aromatic nitrogens is 4. The topological polar surface area (TPSA) is 70.0 Å². The molecule has 0 unspecified atom stereocenters. The van der Waals surface area contributed by atoms with Crippen LogP contribution in [0.2, 0.25) is 0 Å². The molecule has 3 rings (SSSR count). The minimum atomic E-state index is 0.459. The Hall–Kier alpha value is -1.89. The van der Waals surface area contributed by atoms with Gasteiger partial charge in [0.1, 0.15) is 16.9 Å². The summed E-state index contributed by atoms with van der Waals surface area (Å²) in [5.41, 5.74) is 1.76. The fraction of sp³-hybridized carbons (Fsp3) is 0.429. The van der Waals surface area contributed by atoms with E-state index in [1.54, 1.807) is 20.4 Å². The molecule has 1 saturated carbocycles. The standard InChI is InChI=1S/C14H16N4O2S/c1-19-9-6-15-12(18-14(9)21-3)10-11(8-4-5-8)16-7-17-13(10)20-2/h6-8H,4-5H2,1-3H3. The van der Waals surface area contributed by atoms with Gasteiger partial charge in [-0.3, -0.25) is 0 Å². The number of rotatable bonds is 5. The van der Waals surface area contributed by atoms with Crippen LogP contribution in [0.4, 0.5) is 0 Å². The van der Waals surface area contributed by atoms with Crippen molar-refractivity contribution in [2.45, 2.75) is 23.8 Å². The van der Waals surface area contributed by atoms with Crippen LogP contribution in [0.1, 0.15) is 24.5 Å². The molecule has 0 spiro atoms. The van der Waals surface area contributed by atoms with E-state index in [9.17, 15) is 0 Å². The van der Waals surface area contributed by atoms with E-state index in [2.05, 4.69) is 19.9 Å². The Bertz CT molecular complexity index is 661. The van der Waals surface area contributed by atoms with Crippen molar-refractivity contribution in [3.05, 3.63) is 18.2 Å². The van der Waals surface area contributed by atoms with Gasteiger partial charge in [0.25, 0.3) is 0 Å². The molecule has 110 valence electrons. The molecule has 0 atom stereocenters. The predicted molar refractivity (Wildman–Crippen MR) is 79.9 cm³/mol. The zero-order valence-electron chi connectivity index (χ0n) is 12.2. The Morgan fingerprint density at radius 3 is 2.57 bits per heavy atom. The number of nitrogens with zero attached hydrogens (tertiary/aromatic N) is 4. The third kappa shape index (κ3) is 2.65. The maximum Gasteiger partial charge on any atom is 0.227 e. The summed E-state index contributed by atoms with van der Waals surface area (Å²) in [7, 11) is 3.21. The van der Waals surface area contributed by atoms with E-state index in [4.69, 9.17) is 9.47 Å². The van der Waals surface area contributed by atoms with Crippen molar-refractivity contribution in [3.63, 3.8) is 0 Å². The second-order valence-corrected chi connectivity index (χ2v) is 5.48. The normalized spacial score (nSPS) is 14.0. The Morgan fingerprint density at radius 1 is 1.14 bits per heavy atom. The van der Waals surface area contributed by atoms with Crippen LogP contribution in [0, 0.1) is 0 Å². The number of methoxy groups -OCH3 is 2. The van der Waals surface area contributed by atoms with Gasteiger partial charge in [0.05, 0.1) is 26.1 Å². The van der Waals surface area contributed by atoms with Crippen LogP contribution in [0.25, 0.3) is 11.4 Å². The first-order valence-electron chi connectivity index (χ1n) is 6.62. The summed E-state index contributed by atoms with van der Waals surface area (Å²) in [5.74, 6) is 2.22. The van der Waals surface area contributed by atoms with Crippen molar-refractivity contribution in [1.82, 2.24) is 19.9 Å². The summed E-state index contributed by atoms with van der Waals surface area (Å²) in [6, 6.07) is 0. The van der Waals surface area contributed by atoms with E-state index in [1.807, 2.05) is 6.26 Å². The number of hydrogen-bond donors (Lipinski definition) is 0. The smallest absolute Gasteiger partial charge is 0.227 e. The molecule has 2 aromatic rings. The highest BCUT2D eigenvalue weighted by atomic mass is 32.2. The van der Waals surface area contributed by atoms with Crippen LogP contribution in [0.15, 0.2) is 17.6 Å². The number of thioether (sulfide) groups is 1. The molecular formula is C14H16N4O2S. The average Bonchev–Trinajstić information content (AvgIpc) is 3.38. The van der Waals surface area contributed by atoms with Gasteiger partial charge in [0.2, 0.25) is 5.88 Å². The Morgan fingerprint density at radius 2 is 1.95 bits per heavy atom. The van der Waals surface area contributed by atoms with Crippen LogP contribution >= 0.6 is 11.8 Å². The fourth-order valence-corrected chi connectivity index (χ4v) is 2.69. The van der Waals surface area contributed by atoms with Gasteiger partial charge in [-0.15, -0.1) is 11.8 Å². The van der Waals surface area contributed by atoms with Crippen LogP contribution in [-0.4, -0.2) is 40.4 Å². The molecule has 0 N–H and O–H groups in total. The lowest BCUT2D eigenvalue weighted by Crippen LogP contribution is -2.03. The molecule has 0 aliphatic heterocycles. The van der Waals surface area contributed by atoms with Gasteiger partial charge < -0.3 is 9.47 Å². The first kappa shape index (κ1) is 14.1. The van der Waals surface area contributed by atoms with Gasteiger partial charge in [-0.2, -0.15) is 0 Å². The molecule has 6 nitrogen and oxygen atoms in total. The largest absolute Gasteiger partial charge is 0.492 e. The van der Waals surface area contributed by atoms with E-state index in [-0.39, 0.29) is 0 Å². The molecule has 0 aromatic carbocycles. The summed E-state index contributed by atoms with van der Waals surface area (Å²) in [5, 5.41) is 0.787. The van der Waals surface area contributed by atoms with Crippen molar-refractivity contribution >= 4 is 11.8 Å². The molecule has 1 fully saturated rings. The van der Waals surface area contributed by atoms with Crippen LogP contribution < -0.4 is 9.47 Å². The zero-order chi connectivity index (χ0) is 14.8. The SMILES string of the molecule is COc1cnc(-c2c(OC)ncnc2C2CC2)nc1SC. The van der Waals surface area contributed by atoms with Crippen LogP contribution in [0.3, 0.4) is 0 Å². The maximum absolute atomic E-state index is 5.38. The third-order valence-corrected chi connectivity index (χ3v) is 4.04. The van der Waals surface area contributed by atoms with Gasteiger partial charge >= 0.3 is 0 Å². The Labute approximate surface area is 127 Å². The van der Waals surface area contributed by atoms with Crippen LogP contribution in [0.5, 0.6) is 11.6 Å². The van der Waals surface area contributed by atoms with Crippen molar-refractivity contribution in [3.8, 4) is 23.0 Å². The van der Waals surface area contributed by atoms with E-state index in [0.29, 0.717) is 23.4 Å². The zero-order valence-corrected chi connectivity index (χ0v) is 13.0. The van der Waals surface area contributed by atoms with Gasteiger partial charge in [-0.05, 0) is 19.1 Å². The number of ether oxygens (including phenoxy) is 2. The minimum absolute atomic E-state index is 0.459. The monoisotopic (exact) mass is 304 g/mol. The summed E-state index contributed by atoms with van der Waals surface area (Å²) >= 11 is 1.51. The summed E-state index contributed by atoms with van der Waals surface area (Å²) in [6.07, 6.45) is 7.44. The van der Waals surface area contributed by atoms with E-state index in [0.717, 1.165) is 29.1 Å². The highest BCUT2D eigenvalue weighted by Gasteiger charge is 2.31. The molecule has 0 amide bonds. The molecule has 1 aliphatic carbocycles. The van der Waals surface area contributed by atoms with E-state index >= 15 is 0 Å². The Kier molecular flexibility index (Phi) is 3.92. The summed E-state index contributed by atoms with van der Waals surface area (Å²) < 4.78 is 10.6. The first-order chi connectivity index (χ1) is 10.3.